The average molecular weight is 456 g/mol. The van der Waals surface area contributed by atoms with Crippen LogP contribution in [0, 0.1) is 5.92 Å². The SMILES string of the molecule is CCCNC(=O)CN=C(NCC)NCCCOCC1CCOC1.I. The number of rotatable bonds is 11. The molecule has 0 aromatic rings. The molecule has 8 heteroatoms. The van der Waals surface area contributed by atoms with E-state index in [1.54, 1.807) is 0 Å². The number of nitrogens with zero attached hydrogens (tertiary/aromatic N) is 1. The lowest BCUT2D eigenvalue weighted by atomic mass is 10.1. The zero-order chi connectivity index (χ0) is 16.8. The van der Waals surface area contributed by atoms with E-state index in [0.29, 0.717) is 18.4 Å². The number of nitrogens with one attached hydrogen (secondary N) is 3. The zero-order valence-electron chi connectivity index (χ0n) is 14.9. The van der Waals surface area contributed by atoms with E-state index in [1.807, 2.05) is 13.8 Å². The van der Waals surface area contributed by atoms with Crippen molar-refractivity contribution in [2.24, 2.45) is 10.9 Å². The normalized spacial score (nSPS) is 17.2. The number of ether oxygens (including phenoxy) is 2. The third-order valence-electron chi connectivity index (χ3n) is 3.43. The quantitative estimate of drug-likeness (QED) is 0.188. The van der Waals surface area contributed by atoms with Crippen LogP contribution >= 0.6 is 24.0 Å². The molecule has 1 saturated heterocycles. The molecule has 24 heavy (non-hydrogen) atoms. The fraction of sp³-hybridized carbons (Fsp3) is 0.875. The van der Waals surface area contributed by atoms with E-state index >= 15 is 0 Å². The maximum atomic E-state index is 11.5. The Bertz CT molecular complexity index is 350. The van der Waals surface area contributed by atoms with Crippen LogP contribution in [0.25, 0.3) is 0 Å². The maximum Gasteiger partial charge on any atom is 0.241 e. The summed E-state index contributed by atoms with van der Waals surface area (Å²) < 4.78 is 11.0. The summed E-state index contributed by atoms with van der Waals surface area (Å²) in [5, 5.41) is 9.15. The van der Waals surface area contributed by atoms with Gasteiger partial charge in [0.05, 0.1) is 13.2 Å². The summed E-state index contributed by atoms with van der Waals surface area (Å²) in [5.74, 6) is 1.18. The molecule has 0 aliphatic carbocycles. The van der Waals surface area contributed by atoms with Crippen molar-refractivity contribution < 1.29 is 14.3 Å². The number of amides is 1. The molecule has 1 heterocycles. The van der Waals surface area contributed by atoms with E-state index in [1.165, 1.54) is 0 Å². The first-order valence-corrected chi connectivity index (χ1v) is 8.70. The highest BCUT2D eigenvalue weighted by Gasteiger charge is 2.15. The van der Waals surface area contributed by atoms with Gasteiger partial charge in [0.1, 0.15) is 6.54 Å². The van der Waals surface area contributed by atoms with Gasteiger partial charge in [-0.3, -0.25) is 4.79 Å². The van der Waals surface area contributed by atoms with E-state index in [4.69, 9.17) is 9.47 Å². The van der Waals surface area contributed by atoms with Gasteiger partial charge in [0, 0.05) is 38.8 Å². The monoisotopic (exact) mass is 456 g/mol. The van der Waals surface area contributed by atoms with Gasteiger partial charge in [-0.25, -0.2) is 4.99 Å². The van der Waals surface area contributed by atoms with E-state index < -0.39 is 0 Å². The van der Waals surface area contributed by atoms with Crippen LogP contribution in [0.1, 0.15) is 33.1 Å². The maximum absolute atomic E-state index is 11.5. The van der Waals surface area contributed by atoms with Crippen LogP contribution in [-0.2, 0) is 14.3 Å². The summed E-state index contributed by atoms with van der Waals surface area (Å²) in [7, 11) is 0. The highest BCUT2D eigenvalue weighted by Crippen LogP contribution is 2.12. The summed E-state index contributed by atoms with van der Waals surface area (Å²) in [6, 6.07) is 0. The number of halogens is 1. The molecule has 3 N–H and O–H groups in total. The highest BCUT2D eigenvalue weighted by atomic mass is 127. The van der Waals surface area contributed by atoms with Gasteiger partial charge >= 0.3 is 0 Å². The lowest BCUT2D eigenvalue weighted by molar-refractivity contribution is -0.119. The van der Waals surface area contributed by atoms with Gasteiger partial charge in [0.15, 0.2) is 5.96 Å². The summed E-state index contributed by atoms with van der Waals surface area (Å²) in [6.07, 6.45) is 2.94. The molecule has 0 saturated carbocycles. The molecule has 1 fully saturated rings. The Morgan fingerprint density at radius 3 is 2.75 bits per heavy atom. The predicted molar refractivity (Wildman–Crippen MR) is 107 cm³/mol. The summed E-state index contributed by atoms with van der Waals surface area (Å²) in [4.78, 5) is 15.8. The minimum absolute atomic E-state index is 0. The van der Waals surface area contributed by atoms with Crippen LogP contribution in [0.3, 0.4) is 0 Å². The van der Waals surface area contributed by atoms with Crippen molar-refractivity contribution >= 4 is 35.8 Å². The molecule has 0 bridgehead atoms. The molecular formula is C16H33IN4O3. The van der Waals surface area contributed by atoms with Gasteiger partial charge in [0.2, 0.25) is 5.91 Å². The number of guanidine groups is 1. The Kier molecular flexibility index (Phi) is 15.5. The number of aliphatic imine (C=N–C) groups is 1. The molecule has 1 amide bonds. The van der Waals surface area contributed by atoms with Crippen molar-refractivity contribution in [2.45, 2.75) is 33.1 Å². The third kappa shape index (κ3) is 11.9. The van der Waals surface area contributed by atoms with Crippen molar-refractivity contribution in [1.82, 2.24) is 16.0 Å². The Labute approximate surface area is 162 Å². The Hall–Kier alpha value is -0.610. The molecule has 0 spiro atoms. The number of hydrogen-bond acceptors (Lipinski definition) is 4. The first kappa shape index (κ1) is 23.4. The smallest absolute Gasteiger partial charge is 0.241 e. The van der Waals surface area contributed by atoms with E-state index in [-0.39, 0.29) is 36.4 Å². The van der Waals surface area contributed by atoms with Crippen molar-refractivity contribution in [3.63, 3.8) is 0 Å². The molecule has 0 radical (unpaired) electrons. The molecule has 0 aromatic carbocycles. The molecule has 1 aliphatic rings. The standard InChI is InChI=1S/C16H32N4O3.HI/c1-3-7-18-15(21)11-20-16(17-4-2)19-8-5-9-22-12-14-6-10-23-13-14;/h14H,3-13H2,1-2H3,(H,18,21)(H2,17,19,20);1H. The van der Waals surface area contributed by atoms with Crippen LogP contribution in [0.4, 0.5) is 0 Å². The Morgan fingerprint density at radius 1 is 1.25 bits per heavy atom. The largest absolute Gasteiger partial charge is 0.381 e. The minimum atomic E-state index is -0.0498. The topological polar surface area (TPSA) is 84.0 Å². The highest BCUT2D eigenvalue weighted by molar-refractivity contribution is 14.0. The molecule has 0 aromatic heterocycles. The fourth-order valence-electron chi connectivity index (χ4n) is 2.16. The van der Waals surface area contributed by atoms with Crippen molar-refractivity contribution in [1.29, 1.82) is 0 Å². The van der Waals surface area contributed by atoms with Crippen LogP contribution in [0.5, 0.6) is 0 Å². The predicted octanol–water partition coefficient (Wildman–Crippen LogP) is 1.13. The molecule has 1 unspecified atom stereocenters. The van der Waals surface area contributed by atoms with Crippen LogP contribution in [-0.4, -0.2) is 64.5 Å². The number of carbonyl (C=O) groups excluding carboxylic acids is 1. The fourth-order valence-corrected chi connectivity index (χ4v) is 2.16. The molecular weight excluding hydrogens is 423 g/mol. The zero-order valence-corrected chi connectivity index (χ0v) is 17.3. The minimum Gasteiger partial charge on any atom is -0.381 e. The molecule has 1 rings (SSSR count). The van der Waals surface area contributed by atoms with Gasteiger partial charge in [-0.05, 0) is 26.2 Å². The average Bonchev–Trinajstić information content (AvgIpc) is 3.07. The van der Waals surface area contributed by atoms with Crippen LogP contribution in [0.15, 0.2) is 4.99 Å². The summed E-state index contributed by atoms with van der Waals surface area (Å²) in [6.45, 7) is 9.60. The Balaban J connectivity index is 0.00000529. The van der Waals surface area contributed by atoms with Crippen molar-refractivity contribution in [3.8, 4) is 0 Å². The first-order valence-electron chi connectivity index (χ1n) is 8.70. The lowest BCUT2D eigenvalue weighted by Gasteiger charge is -2.12. The molecule has 7 nitrogen and oxygen atoms in total. The van der Waals surface area contributed by atoms with Gasteiger partial charge in [-0.2, -0.15) is 0 Å². The summed E-state index contributed by atoms with van der Waals surface area (Å²) >= 11 is 0. The first-order chi connectivity index (χ1) is 11.3. The van der Waals surface area contributed by atoms with Gasteiger partial charge < -0.3 is 25.4 Å². The van der Waals surface area contributed by atoms with Crippen molar-refractivity contribution in [2.75, 3.05) is 52.6 Å². The van der Waals surface area contributed by atoms with Crippen LogP contribution in [0.2, 0.25) is 0 Å². The van der Waals surface area contributed by atoms with Crippen molar-refractivity contribution in [3.05, 3.63) is 0 Å². The second kappa shape index (κ2) is 15.9. The van der Waals surface area contributed by atoms with Gasteiger partial charge in [0.25, 0.3) is 0 Å². The molecule has 1 aliphatic heterocycles. The molecule has 142 valence electrons. The van der Waals surface area contributed by atoms with E-state index in [0.717, 1.165) is 58.8 Å². The van der Waals surface area contributed by atoms with Gasteiger partial charge in [-0.1, -0.05) is 6.92 Å². The molecule has 1 atom stereocenters. The summed E-state index contributed by atoms with van der Waals surface area (Å²) in [5.41, 5.74) is 0. The van der Waals surface area contributed by atoms with Gasteiger partial charge in [-0.15, -0.1) is 24.0 Å². The van der Waals surface area contributed by atoms with Crippen LogP contribution < -0.4 is 16.0 Å². The van der Waals surface area contributed by atoms with E-state index in [9.17, 15) is 4.79 Å². The number of hydrogen-bond donors (Lipinski definition) is 3. The van der Waals surface area contributed by atoms with E-state index in [2.05, 4.69) is 20.9 Å². The lowest BCUT2D eigenvalue weighted by Crippen LogP contribution is -2.39. The second-order valence-electron chi connectivity index (χ2n) is 5.63. The second-order valence-corrected chi connectivity index (χ2v) is 5.63. The third-order valence-corrected chi connectivity index (χ3v) is 3.43. The Morgan fingerprint density at radius 2 is 2.08 bits per heavy atom. The number of carbonyl (C=O) groups is 1.